The molecule has 13 heteroatoms. The van der Waals surface area contributed by atoms with E-state index in [1.165, 1.54) is 18.3 Å². The summed E-state index contributed by atoms with van der Waals surface area (Å²) in [6.45, 7) is 0.670. The zero-order valence-electron chi connectivity index (χ0n) is 19.9. The quantitative estimate of drug-likeness (QED) is 0.189. The van der Waals surface area contributed by atoms with E-state index in [9.17, 15) is 30.7 Å². The number of hydrogen-bond donors (Lipinski definition) is 1. The number of nitrogens with one attached hydrogen (secondary N) is 1. The van der Waals surface area contributed by atoms with Crippen molar-refractivity contribution in [2.45, 2.75) is 37.3 Å². The highest BCUT2D eigenvalue weighted by Gasteiger charge is 2.45. The van der Waals surface area contributed by atoms with Crippen molar-refractivity contribution in [2.75, 3.05) is 5.32 Å². The average Bonchev–Trinajstić information content (AvgIpc) is 3.33. The molecule has 1 atom stereocenters. The van der Waals surface area contributed by atoms with Crippen molar-refractivity contribution in [1.82, 2.24) is 9.97 Å². The Morgan fingerprint density at radius 3 is 2.31 bits per heavy atom. The van der Waals surface area contributed by atoms with Gasteiger partial charge >= 0.3 is 12.5 Å². The van der Waals surface area contributed by atoms with Crippen molar-refractivity contribution in [3.63, 3.8) is 0 Å². The molecule has 0 unspecified atom stereocenters. The number of nitrogens with zero attached hydrogens (tertiary/aromatic N) is 2. The van der Waals surface area contributed by atoms with Crippen LogP contribution in [-0.4, -0.2) is 22.5 Å². The maximum atomic E-state index is 14.9. The molecule has 0 saturated carbocycles. The molecule has 2 aromatic carbocycles. The molecule has 1 N–H and O–H groups in total. The molecule has 0 saturated heterocycles. The third-order valence-corrected chi connectivity index (χ3v) is 6.60. The zero-order chi connectivity index (χ0) is 28.4. The number of anilines is 1. The maximum absolute atomic E-state index is 14.9. The van der Waals surface area contributed by atoms with E-state index in [0.717, 1.165) is 28.8 Å². The Labute approximate surface area is 227 Å². The van der Waals surface area contributed by atoms with Crippen LogP contribution in [0.4, 0.5) is 35.9 Å². The molecule has 4 rings (SSSR count). The number of halogens is 8. The molecule has 0 radical (unpaired) electrons. The molecule has 2 aromatic heterocycles. The van der Waals surface area contributed by atoms with Crippen LogP contribution in [0.2, 0.25) is 5.02 Å². The lowest BCUT2D eigenvalue weighted by Crippen LogP contribution is -2.40. The van der Waals surface area contributed by atoms with E-state index in [-0.39, 0.29) is 27.8 Å². The molecule has 2 heterocycles. The molecule has 0 bridgehead atoms. The van der Waals surface area contributed by atoms with Crippen molar-refractivity contribution >= 4 is 28.1 Å². The van der Waals surface area contributed by atoms with Gasteiger partial charge in [0.1, 0.15) is 22.8 Å². The molecular formula is C26H19ClF7N3OS. The number of benzene rings is 2. The number of pyridine rings is 1. The summed E-state index contributed by atoms with van der Waals surface area (Å²) in [5, 5.41) is 4.39. The predicted octanol–water partition coefficient (Wildman–Crippen LogP) is 8.28. The van der Waals surface area contributed by atoms with Crippen LogP contribution in [0.15, 0.2) is 72.2 Å². The topological polar surface area (TPSA) is 47.0 Å². The second-order valence-electron chi connectivity index (χ2n) is 8.62. The van der Waals surface area contributed by atoms with Gasteiger partial charge in [-0.1, -0.05) is 41.9 Å². The van der Waals surface area contributed by atoms with Gasteiger partial charge in [0.15, 0.2) is 5.13 Å². The molecule has 206 valence electrons. The van der Waals surface area contributed by atoms with E-state index in [1.54, 1.807) is 30.3 Å². The largest absolute Gasteiger partial charge is 0.461 e. The third-order valence-electron chi connectivity index (χ3n) is 5.62. The average molecular weight is 590 g/mol. The van der Waals surface area contributed by atoms with Crippen LogP contribution in [0.3, 0.4) is 0 Å². The first-order valence-electron chi connectivity index (χ1n) is 11.2. The molecule has 0 aliphatic rings. The third kappa shape index (κ3) is 6.62. The minimum absolute atomic E-state index is 0.0242. The second-order valence-corrected chi connectivity index (χ2v) is 9.92. The lowest BCUT2D eigenvalue weighted by atomic mass is 9.80. The predicted molar refractivity (Wildman–Crippen MR) is 133 cm³/mol. The number of rotatable bonds is 10. The monoisotopic (exact) mass is 589 g/mol. The number of aromatic nitrogens is 2. The molecule has 0 aliphatic carbocycles. The summed E-state index contributed by atoms with van der Waals surface area (Å²) >= 11 is 6.85. The summed E-state index contributed by atoms with van der Waals surface area (Å²) in [5.74, 6) is -5.23. The Morgan fingerprint density at radius 2 is 1.72 bits per heavy atom. The van der Waals surface area contributed by atoms with Crippen molar-refractivity contribution in [2.24, 2.45) is 0 Å². The van der Waals surface area contributed by atoms with Gasteiger partial charge < -0.3 is 10.1 Å². The van der Waals surface area contributed by atoms with Gasteiger partial charge in [0.2, 0.25) is 0 Å². The van der Waals surface area contributed by atoms with E-state index in [1.807, 2.05) is 0 Å². The Balaban J connectivity index is 1.95. The van der Waals surface area contributed by atoms with Crippen LogP contribution >= 0.6 is 22.9 Å². The Morgan fingerprint density at radius 1 is 1.00 bits per heavy atom. The minimum atomic E-state index is -4.91. The SMILES string of the molecule is CC(F)(F)c1csc(N[C@](Cc2ccccc2)(c2cc(F)cc(OC(F)(F)C(F)F)c2)c2ccc(Cl)cn2)n1. The highest BCUT2D eigenvalue weighted by molar-refractivity contribution is 7.13. The molecule has 4 nitrogen and oxygen atoms in total. The van der Waals surface area contributed by atoms with Crippen molar-refractivity contribution in [3.8, 4) is 5.75 Å². The second kappa shape index (κ2) is 11.0. The number of ether oxygens (including phenoxy) is 1. The van der Waals surface area contributed by atoms with E-state index in [2.05, 4.69) is 20.0 Å². The van der Waals surface area contributed by atoms with Gasteiger partial charge in [-0.3, -0.25) is 4.98 Å². The van der Waals surface area contributed by atoms with E-state index >= 15 is 0 Å². The molecule has 39 heavy (non-hydrogen) atoms. The molecule has 4 aromatic rings. The first kappa shape index (κ1) is 28.6. The van der Waals surface area contributed by atoms with Gasteiger partial charge in [-0.25, -0.2) is 9.37 Å². The van der Waals surface area contributed by atoms with Crippen LogP contribution in [0.1, 0.15) is 29.4 Å². The normalized spacial score (nSPS) is 13.8. The standard InChI is InChI=1S/C26H19ClF7N3OS/c1-24(31,32)21-14-39-23(36-21)37-25(12-15-5-3-2-4-6-15,20-8-7-17(27)13-35-20)16-9-18(28)11-19(10-16)38-26(33,34)22(29)30/h2-11,13-14,22H,12H2,1H3,(H,36,37)/t25-/m1/s1. The van der Waals surface area contributed by atoms with Crippen LogP contribution in [0.5, 0.6) is 5.75 Å². The smallest absolute Gasteiger partial charge is 0.428 e. The molecule has 0 spiro atoms. The van der Waals surface area contributed by atoms with Gasteiger partial charge in [0.25, 0.3) is 5.92 Å². The fraction of sp³-hybridized carbons (Fsp3) is 0.231. The van der Waals surface area contributed by atoms with Crippen LogP contribution < -0.4 is 10.1 Å². The molecule has 0 amide bonds. The van der Waals surface area contributed by atoms with Gasteiger partial charge in [0, 0.05) is 31.0 Å². The van der Waals surface area contributed by atoms with Gasteiger partial charge in [-0.05, 0) is 35.4 Å². The number of hydrogen-bond acceptors (Lipinski definition) is 5. The van der Waals surface area contributed by atoms with E-state index in [0.29, 0.717) is 18.6 Å². The number of alkyl halides is 6. The summed E-state index contributed by atoms with van der Waals surface area (Å²) in [5.41, 5.74) is -1.45. The zero-order valence-corrected chi connectivity index (χ0v) is 21.5. The first-order valence-corrected chi connectivity index (χ1v) is 12.5. The Bertz CT molecular complexity index is 1420. The summed E-state index contributed by atoms with van der Waals surface area (Å²) in [6.07, 6.45) is -7.84. The van der Waals surface area contributed by atoms with Crippen LogP contribution in [0, 0.1) is 5.82 Å². The Kier molecular flexibility index (Phi) is 8.08. The van der Waals surface area contributed by atoms with E-state index < -0.39 is 41.3 Å². The van der Waals surface area contributed by atoms with Crippen molar-refractivity contribution in [3.05, 3.63) is 106 Å². The van der Waals surface area contributed by atoms with Gasteiger partial charge in [-0.2, -0.15) is 26.3 Å². The van der Waals surface area contributed by atoms with Gasteiger partial charge in [0.05, 0.1) is 10.7 Å². The van der Waals surface area contributed by atoms with Crippen LogP contribution in [-0.2, 0) is 17.9 Å². The Hall–Kier alpha value is -3.38. The molecule has 0 fully saturated rings. The van der Waals surface area contributed by atoms with E-state index in [4.69, 9.17) is 11.6 Å². The minimum Gasteiger partial charge on any atom is -0.428 e. The van der Waals surface area contributed by atoms with Crippen molar-refractivity contribution < 1.29 is 35.5 Å². The summed E-state index contributed by atoms with van der Waals surface area (Å²) in [6, 6.07) is 14.0. The molecule has 0 aliphatic heterocycles. The van der Waals surface area contributed by atoms with Crippen LogP contribution in [0.25, 0.3) is 0 Å². The molecular weight excluding hydrogens is 571 g/mol. The fourth-order valence-electron chi connectivity index (χ4n) is 3.84. The lowest BCUT2D eigenvalue weighted by molar-refractivity contribution is -0.253. The highest BCUT2D eigenvalue weighted by Crippen LogP contribution is 2.41. The summed E-state index contributed by atoms with van der Waals surface area (Å²) in [4.78, 5) is 8.30. The summed E-state index contributed by atoms with van der Waals surface area (Å²) < 4.78 is 100. The lowest BCUT2D eigenvalue weighted by Gasteiger charge is -2.35. The van der Waals surface area contributed by atoms with Gasteiger partial charge in [-0.15, -0.1) is 11.3 Å². The highest BCUT2D eigenvalue weighted by atomic mass is 35.5. The van der Waals surface area contributed by atoms with Crippen molar-refractivity contribution in [1.29, 1.82) is 0 Å². The maximum Gasteiger partial charge on any atom is 0.461 e. The number of thiazole rings is 1. The fourth-order valence-corrected chi connectivity index (χ4v) is 4.82. The summed E-state index contributed by atoms with van der Waals surface area (Å²) in [7, 11) is 0. The first-order chi connectivity index (χ1) is 18.3.